The maximum absolute atomic E-state index is 12.4. The second kappa shape index (κ2) is 6.56. The molecule has 0 fully saturated rings. The van der Waals surface area contributed by atoms with E-state index in [1.54, 1.807) is 7.05 Å². The van der Waals surface area contributed by atoms with Crippen molar-refractivity contribution in [2.75, 3.05) is 13.6 Å². The fourth-order valence-electron chi connectivity index (χ4n) is 1.60. The SMILES string of the molecule is CNCCC(O)C(O)c1ccc(C(F)(F)F)cc1Cl. The quantitative estimate of drug-likeness (QED) is 0.782. The number of aliphatic hydroxyl groups is 2. The second-order valence-electron chi connectivity index (χ2n) is 4.14. The molecule has 0 saturated heterocycles. The Morgan fingerprint density at radius 3 is 2.42 bits per heavy atom. The van der Waals surface area contributed by atoms with Crippen molar-refractivity contribution in [1.29, 1.82) is 0 Å². The van der Waals surface area contributed by atoms with Crippen molar-refractivity contribution in [2.24, 2.45) is 0 Å². The third-order valence-electron chi connectivity index (χ3n) is 2.70. The third-order valence-corrected chi connectivity index (χ3v) is 3.03. The summed E-state index contributed by atoms with van der Waals surface area (Å²) >= 11 is 5.72. The third kappa shape index (κ3) is 4.35. The molecule has 2 atom stereocenters. The normalized spacial score (nSPS) is 15.3. The molecule has 0 radical (unpaired) electrons. The summed E-state index contributed by atoms with van der Waals surface area (Å²) in [6, 6.07) is 2.65. The van der Waals surface area contributed by atoms with Crippen LogP contribution in [0.3, 0.4) is 0 Å². The Labute approximate surface area is 114 Å². The summed E-state index contributed by atoms with van der Waals surface area (Å²) in [5.74, 6) is 0. The van der Waals surface area contributed by atoms with E-state index in [-0.39, 0.29) is 17.0 Å². The number of halogens is 4. The smallest absolute Gasteiger partial charge is 0.390 e. The molecule has 0 saturated carbocycles. The Kier molecular flexibility index (Phi) is 5.61. The van der Waals surface area contributed by atoms with Crippen molar-refractivity contribution in [1.82, 2.24) is 5.32 Å². The largest absolute Gasteiger partial charge is 0.416 e. The van der Waals surface area contributed by atoms with Crippen LogP contribution < -0.4 is 5.32 Å². The Morgan fingerprint density at radius 2 is 1.95 bits per heavy atom. The molecule has 7 heteroatoms. The minimum absolute atomic E-state index is 0.0817. The summed E-state index contributed by atoms with van der Waals surface area (Å²) in [7, 11) is 1.68. The van der Waals surface area contributed by atoms with E-state index >= 15 is 0 Å². The monoisotopic (exact) mass is 297 g/mol. The van der Waals surface area contributed by atoms with Crippen LogP contribution in [0.15, 0.2) is 18.2 Å². The number of alkyl halides is 3. The first kappa shape index (κ1) is 16.2. The lowest BCUT2D eigenvalue weighted by molar-refractivity contribution is -0.137. The molecule has 0 bridgehead atoms. The van der Waals surface area contributed by atoms with Crippen LogP contribution in [-0.2, 0) is 6.18 Å². The molecule has 0 aliphatic carbocycles. The van der Waals surface area contributed by atoms with Crippen LogP contribution in [0.25, 0.3) is 0 Å². The van der Waals surface area contributed by atoms with Gasteiger partial charge in [-0.15, -0.1) is 0 Å². The van der Waals surface area contributed by atoms with Crippen LogP contribution >= 0.6 is 11.6 Å². The van der Waals surface area contributed by atoms with Crippen molar-refractivity contribution in [3.8, 4) is 0 Å². The molecule has 1 rings (SSSR count). The minimum atomic E-state index is -4.49. The molecule has 0 aromatic heterocycles. The van der Waals surface area contributed by atoms with Gasteiger partial charge in [0.1, 0.15) is 6.10 Å². The zero-order valence-electron chi connectivity index (χ0n) is 10.2. The molecule has 0 aliphatic rings. The highest BCUT2D eigenvalue weighted by Gasteiger charge is 2.31. The maximum Gasteiger partial charge on any atom is 0.416 e. The molecule has 1 aromatic carbocycles. The van der Waals surface area contributed by atoms with E-state index in [9.17, 15) is 23.4 Å². The van der Waals surface area contributed by atoms with Crippen molar-refractivity contribution in [3.05, 3.63) is 34.3 Å². The molecule has 19 heavy (non-hydrogen) atoms. The number of aliphatic hydroxyl groups excluding tert-OH is 2. The van der Waals surface area contributed by atoms with E-state index in [2.05, 4.69) is 5.32 Å². The molecular weight excluding hydrogens is 283 g/mol. The molecule has 0 aliphatic heterocycles. The topological polar surface area (TPSA) is 52.5 Å². The first-order chi connectivity index (χ1) is 8.77. The highest BCUT2D eigenvalue weighted by atomic mass is 35.5. The van der Waals surface area contributed by atoms with Crippen LogP contribution in [0.4, 0.5) is 13.2 Å². The Balaban J connectivity index is 2.90. The van der Waals surface area contributed by atoms with Gasteiger partial charge >= 0.3 is 6.18 Å². The molecular formula is C12H15ClF3NO2. The van der Waals surface area contributed by atoms with Crippen molar-refractivity contribution >= 4 is 11.6 Å². The molecule has 0 amide bonds. The summed E-state index contributed by atoms with van der Waals surface area (Å²) in [5, 5.41) is 22.1. The van der Waals surface area contributed by atoms with Crippen LogP contribution in [0.5, 0.6) is 0 Å². The van der Waals surface area contributed by atoms with Crippen molar-refractivity contribution < 1.29 is 23.4 Å². The average molecular weight is 298 g/mol. The Morgan fingerprint density at radius 1 is 1.32 bits per heavy atom. The molecule has 2 unspecified atom stereocenters. The van der Waals surface area contributed by atoms with Gasteiger partial charge in [-0.05, 0) is 32.1 Å². The maximum atomic E-state index is 12.4. The molecule has 0 spiro atoms. The van der Waals surface area contributed by atoms with Gasteiger partial charge in [0.25, 0.3) is 0 Å². The number of hydrogen-bond acceptors (Lipinski definition) is 3. The minimum Gasteiger partial charge on any atom is -0.390 e. The molecule has 108 valence electrons. The molecule has 1 aromatic rings. The first-order valence-electron chi connectivity index (χ1n) is 5.64. The summed E-state index contributed by atoms with van der Waals surface area (Å²) in [4.78, 5) is 0. The summed E-state index contributed by atoms with van der Waals surface area (Å²) in [5.41, 5.74) is -0.809. The standard InChI is InChI=1S/C12H15ClF3NO2/c1-17-5-4-10(18)11(19)8-3-2-7(6-9(8)13)12(14,15)16/h2-3,6,10-11,17-19H,4-5H2,1H3. The van der Waals surface area contributed by atoms with Gasteiger partial charge in [-0.25, -0.2) is 0 Å². The van der Waals surface area contributed by atoms with Gasteiger partial charge in [-0.1, -0.05) is 17.7 Å². The van der Waals surface area contributed by atoms with Gasteiger partial charge in [0.2, 0.25) is 0 Å². The second-order valence-corrected chi connectivity index (χ2v) is 4.55. The number of rotatable bonds is 5. The number of nitrogens with one attached hydrogen (secondary N) is 1. The van der Waals surface area contributed by atoms with E-state index in [1.165, 1.54) is 0 Å². The Hall–Kier alpha value is -0.820. The van der Waals surface area contributed by atoms with Crippen LogP contribution in [-0.4, -0.2) is 29.9 Å². The van der Waals surface area contributed by atoms with Gasteiger partial charge in [0, 0.05) is 10.6 Å². The molecule has 3 nitrogen and oxygen atoms in total. The van der Waals surface area contributed by atoms with E-state index in [0.717, 1.165) is 18.2 Å². The highest BCUT2D eigenvalue weighted by molar-refractivity contribution is 6.31. The van der Waals surface area contributed by atoms with E-state index in [4.69, 9.17) is 11.6 Å². The summed E-state index contributed by atoms with van der Waals surface area (Å²) in [6.07, 6.45) is -6.64. The van der Waals surface area contributed by atoms with Gasteiger partial charge in [-0.3, -0.25) is 0 Å². The van der Waals surface area contributed by atoms with Gasteiger partial charge < -0.3 is 15.5 Å². The van der Waals surface area contributed by atoms with Crippen molar-refractivity contribution in [2.45, 2.75) is 24.8 Å². The van der Waals surface area contributed by atoms with Gasteiger partial charge in [-0.2, -0.15) is 13.2 Å². The van der Waals surface area contributed by atoms with Crippen LogP contribution in [0, 0.1) is 0 Å². The van der Waals surface area contributed by atoms with Gasteiger partial charge in [0.05, 0.1) is 11.7 Å². The van der Waals surface area contributed by atoms with Gasteiger partial charge in [0.15, 0.2) is 0 Å². The fourth-order valence-corrected chi connectivity index (χ4v) is 1.89. The molecule has 3 N–H and O–H groups in total. The zero-order valence-corrected chi connectivity index (χ0v) is 11.0. The molecule has 0 heterocycles. The van der Waals surface area contributed by atoms with Crippen molar-refractivity contribution in [3.63, 3.8) is 0 Å². The lowest BCUT2D eigenvalue weighted by Gasteiger charge is -2.20. The number of hydrogen-bond donors (Lipinski definition) is 3. The lowest BCUT2D eigenvalue weighted by Crippen LogP contribution is -2.23. The van der Waals surface area contributed by atoms with Crippen LogP contribution in [0.1, 0.15) is 23.7 Å². The fraction of sp³-hybridized carbons (Fsp3) is 0.500. The van der Waals surface area contributed by atoms with E-state index in [1.807, 2.05) is 0 Å². The zero-order chi connectivity index (χ0) is 14.6. The summed E-state index contributed by atoms with van der Waals surface area (Å²) in [6.45, 7) is 0.469. The average Bonchev–Trinajstić information content (AvgIpc) is 2.33. The summed E-state index contributed by atoms with van der Waals surface area (Å²) < 4.78 is 37.3. The predicted octanol–water partition coefficient (Wildman–Crippen LogP) is 2.36. The Bertz CT molecular complexity index is 426. The number of benzene rings is 1. The van der Waals surface area contributed by atoms with E-state index in [0.29, 0.717) is 6.54 Å². The predicted molar refractivity (Wildman–Crippen MR) is 66.0 cm³/mol. The van der Waals surface area contributed by atoms with E-state index < -0.39 is 23.9 Å². The first-order valence-corrected chi connectivity index (χ1v) is 6.02. The van der Waals surface area contributed by atoms with Crippen LogP contribution in [0.2, 0.25) is 5.02 Å². The lowest BCUT2D eigenvalue weighted by atomic mass is 10.0. The highest BCUT2D eigenvalue weighted by Crippen LogP contribution is 2.34.